The van der Waals surface area contributed by atoms with Crippen molar-refractivity contribution in [1.82, 2.24) is 10.2 Å². The summed E-state index contributed by atoms with van der Waals surface area (Å²) >= 11 is 0. The Hall–Kier alpha value is -1.19. The second kappa shape index (κ2) is 8.88. The van der Waals surface area contributed by atoms with Gasteiger partial charge in [0.15, 0.2) is 0 Å². The number of phenolic OH excluding ortho intramolecular Hbond substituents is 2. The lowest BCUT2D eigenvalue weighted by molar-refractivity contribution is 0.173. The van der Waals surface area contributed by atoms with Crippen LogP contribution in [0.3, 0.4) is 0 Å². The summed E-state index contributed by atoms with van der Waals surface area (Å²) in [5.74, 6) is 0.0843. The van der Waals surface area contributed by atoms with E-state index in [-0.39, 0.29) is 42.4 Å². The predicted octanol–water partition coefficient (Wildman–Crippen LogP) is 1.80. The molecule has 0 bridgehead atoms. The minimum atomic E-state index is -0.113. The van der Waals surface area contributed by atoms with E-state index in [2.05, 4.69) is 16.3 Å². The highest BCUT2D eigenvalue weighted by Gasteiger charge is 2.24. The van der Waals surface area contributed by atoms with Crippen LogP contribution in [-0.2, 0) is 0 Å². The van der Waals surface area contributed by atoms with Crippen LogP contribution in [0.15, 0.2) is 18.2 Å². The molecule has 1 aromatic rings. The summed E-state index contributed by atoms with van der Waals surface area (Å²) in [7, 11) is 0. The molecule has 1 aliphatic rings. The Balaban J connectivity index is 0.00000180. The van der Waals surface area contributed by atoms with Crippen molar-refractivity contribution < 1.29 is 10.2 Å². The van der Waals surface area contributed by atoms with Gasteiger partial charge in [-0.15, -0.1) is 24.8 Å². The molecular weight excluding hydrogens is 301 g/mol. The number of hydrogen-bond donors (Lipinski definition) is 3. The van der Waals surface area contributed by atoms with E-state index in [1.54, 1.807) is 12.1 Å². The fraction of sp³-hybridized carbons (Fsp3) is 0.462. The fourth-order valence-electron chi connectivity index (χ4n) is 2.33. The summed E-state index contributed by atoms with van der Waals surface area (Å²) in [4.78, 5) is 2.19. The summed E-state index contributed by atoms with van der Waals surface area (Å²) < 4.78 is 0. The molecule has 0 spiro atoms. The average Bonchev–Trinajstić information content (AvgIpc) is 2.38. The second-order valence-electron chi connectivity index (χ2n) is 4.41. The Labute approximate surface area is 131 Å². The van der Waals surface area contributed by atoms with Gasteiger partial charge in [0.25, 0.3) is 0 Å². The quantitative estimate of drug-likeness (QED) is 0.791. The summed E-state index contributed by atoms with van der Waals surface area (Å²) in [6, 6.07) is 6.61. The van der Waals surface area contributed by atoms with Crippen molar-refractivity contribution in [1.29, 1.82) is 5.26 Å². The Morgan fingerprint density at radius 1 is 1.25 bits per heavy atom. The molecule has 0 unspecified atom stereocenters. The van der Waals surface area contributed by atoms with E-state index < -0.39 is 0 Å². The van der Waals surface area contributed by atoms with Gasteiger partial charge in [-0.3, -0.25) is 4.90 Å². The van der Waals surface area contributed by atoms with Crippen molar-refractivity contribution in [2.75, 3.05) is 26.2 Å². The number of nitrogens with zero attached hydrogens (tertiary/aromatic N) is 2. The number of aromatic hydroxyl groups is 2. The number of nitrogens with one attached hydrogen (secondary N) is 1. The van der Waals surface area contributed by atoms with Crippen molar-refractivity contribution in [2.45, 2.75) is 12.5 Å². The zero-order valence-electron chi connectivity index (χ0n) is 11.0. The maximum absolute atomic E-state index is 9.91. The molecule has 0 amide bonds. The molecule has 1 aliphatic heterocycles. The van der Waals surface area contributed by atoms with Crippen LogP contribution >= 0.6 is 24.8 Å². The Morgan fingerprint density at radius 3 is 2.45 bits per heavy atom. The largest absolute Gasteiger partial charge is 0.508 e. The van der Waals surface area contributed by atoms with Gasteiger partial charge in [-0.2, -0.15) is 5.26 Å². The Morgan fingerprint density at radius 2 is 1.90 bits per heavy atom. The smallest absolute Gasteiger partial charge is 0.124 e. The van der Waals surface area contributed by atoms with Gasteiger partial charge in [-0.05, 0) is 6.07 Å². The van der Waals surface area contributed by atoms with Crippen LogP contribution in [0.4, 0.5) is 0 Å². The van der Waals surface area contributed by atoms with Crippen molar-refractivity contribution in [3.63, 3.8) is 0 Å². The topological polar surface area (TPSA) is 79.5 Å². The normalized spacial score (nSPS) is 16.4. The molecule has 1 heterocycles. The first-order valence-corrected chi connectivity index (χ1v) is 6.06. The number of phenols is 2. The minimum absolute atomic E-state index is 0. The summed E-state index contributed by atoms with van der Waals surface area (Å²) in [6.07, 6.45) is 0.332. The standard InChI is InChI=1S/C13H17N3O2.2ClH/c14-4-3-12(16-7-5-15-6-8-16)11-2-1-10(17)9-13(11)18;;/h1-2,9,12,15,17-18H,3,5-8H2;2*1H/t12-;;/m0../s1. The van der Waals surface area contributed by atoms with Gasteiger partial charge in [0.05, 0.1) is 18.5 Å². The average molecular weight is 320 g/mol. The van der Waals surface area contributed by atoms with Crippen LogP contribution in [-0.4, -0.2) is 41.3 Å². The maximum atomic E-state index is 9.91. The molecule has 1 aromatic carbocycles. The molecule has 0 radical (unpaired) electrons. The van der Waals surface area contributed by atoms with Gasteiger partial charge in [0.2, 0.25) is 0 Å². The third-order valence-corrected chi connectivity index (χ3v) is 3.25. The number of benzene rings is 1. The molecule has 0 aromatic heterocycles. The van der Waals surface area contributed by atoms with E-state index in [9.17, 15) is 10.2 Å². The van der Waals surface area contributed by atoms with Crippen LogP contribution in [0.1, 0.15) is 18.0 Å². The van der Waals surface area contributed by atoms with Crippen molar-refractivity contribution in [3.8, 4) is 17.6 Å². The van der Waals surface area contributed by atoms with Gasteiger partial charge < -0.3 is 15.5 Å². The molecule has 3 N–H and O–H groups in total. The lowest BCUT2D eigenvalue weighted by Gasteiger charge is -2.34. The highest BCUT2D eigenvalue weighted by Crippen LogP contribution is 2.33. The molecule has 7 heteroatoms. The van der Waals surface area contributed by atoms with Gasteiger partial charge in [0, 0.05) is 37.8 Å². The SMILES string of the molecule is Cl.Cl.N#CC[C@@H](c1ccc(O)cc1O)N1CCNCC1. The number of halogens is 2. The first-order valence-electron chi connectivity index (χ1n) is 6.06. The van der Waals surface area contributed by atoms with E-state index in [0.717, 1.165) is 26.2 Å². The number of rotatable bonds is 3. The van der Waals surface area contributed by atoms with Gasteiger partial charge in [0.1, 0.15) is 11.5 Å². The van der Waals surface area contributed by atoms with E-state index in [4.69, 9.17) is 5.26 Å². The van der Waals surface area contributed by atoms with Crippen LogP contribution in [0.25, 0.3) is 0 Å². The van der Waals surface area contributed by atoms with Crippen LogP contribution in [0.2, 0.25) is 0 Å². The molecule has 2 rings (SSSR count). The van der Waals surface area contributed by atoms with Crippen LogP contribution in [0, 0.1) is 11.3 Å². The summed E-state index contributed by atoms with van der Waals surface area (Å²) in [6.45, 7) is 3.49. The molecule has 1 fully saturated rings. The maximum Gasteiger partial charge on any atom is 0.124 e. The number of piperazine rings is 1. The van der Waals surface area contributed by atoms with Crippen molar-refractivity contribution in [3.05, 3.63) is 23.8 Å². The second-order valence-corrected chi connectivity index (χ2v) is 4.41. The first-order chi connectivity index (χ1) is 8.72. The lowest BCUT2D eigenvalue weighted by Crippen LogP contribution is -2.45. The summed E-state index contributed by atoms with van der Waals surface area (Å²) in [5, 5.41) is 31.4. The fourth-order valence-corrected chi connectivity index (χ4v) is 2.33. The number of hydrogen-bond acceptors (Lipinski definition) is 5. The molecule has 20 heavy (non-hydrogen) atoms. The van der Waals surface area contributed by atoms with Crippen LogP contribution < -0.4 is 5.32 Å². The van der Waals surface area contributed by atoms with Crippen LogP contribution in [0.5, 0.6) is 11.5 Å². The molecule has 5 nitrogen and oxygen atoms in total. The third kappa shape index (κ3) is 4.43. The first kappa shape index (κ1) is 18.8. The highest BCUT2D eigenvalue weighted by atomic mass is 35.5. The predicted molar refractivity (Wildman–Crippen MR) is 81.7 cm³/mol. The Kier molecular flexibility index (Phi) is 8.35. The van der Waals surface area contributed by atoms with E-state index in [0.29, 0.717) is 12.0 Å². The molecule has 0 saturated carbocycles. The molecule has 112 valence electrons. The van der Waals surface area contributed by atoms with E-state index in [1.807, 2.05) is 0 Å². The molecule has 1 saturated heterocycles. The molecular formula is C13H19Cl2N3O2. The van der Waals surface area contributed by atoms with E-state index >= 15 is 0 Å². The lowest BCUT2D eigenvalue weighted by atomic mass is 10.0. The zero-order chi connectivity index (χ0) is 13.0. The molecule has 0 aliphatic carbocycles. The van der Waals surface area contributed by atoms with Crippen molar-refractivity contribution in [2.24, 2.45) is 0 Å². The summed E-state index contributed by atoms with van der Waals surface area (Å²) in [5.41, 5.74) is 0.705. The highest BCUT2D eigenvalue weighted by molar-refractivity contribution is 5.85. The van der Waals surface area contributed by atoms with Gasteiger partial charge >= 0.3 is 0 Å². The van der Waals surface area contributed by atoms with Gasteiger partial charge in [-0.1, -0.05) is 6.07 Å². The minimum Gasteiger partial charge on any atom is -0.508 e. The van der Waals surface area contributed by atoms with Gasteiger partial charge in [-0.25, -0.2) is 0 Å². The Bertz CT molecular complexity index is 459. The van der Waals surface area contributed by atoms with E-state index in [1.165, 1.54) is 6.07 Å². The monoisotopic (exact) mass is 319 g/mol. The molecule has 1 atom stereocenters. The third-order valence-electron chi connectivity index (χ3n) is 3.25. The van der Waals surface area contributed by atoms with Crippen molar-refractivity contribution >= 4 is 24.8 Å². The zero-order valence-corrected chi connectivity index (χ0v) is 12.6. The number of nitriles is 1.